The highest BCUT2D eigenvalue weighted by Crippen LogP contribution is 2.33. The first-order chi connectivity index (χ1) is 10.8. The van der Waals surface area contributed by atoms with Crippen LogP contribution in [0.4, 0.5) is 4.39 Å². The van der Waals surface area contributed by atoms with Crippen LogP contribution in [0.2, 0.25) is 10.3 Å². The van der Waals surface area contributed by atoms with Gasteiger partial charge in [0, 0.05) is 5.56 Å². The summed E-state index contributed by atoms with van der Waals surface area (Å²) in [6.45, 7) is 5.74. The van der Waals surface area contributed by atoms with Gasteiger partial charge in [0.15, 0.2) is 0 Å². The Hall–Kier alpha value is -1.16. The number of hydrogen-bond acceptors (Lipinski definition) is 2. The van der Waals surface area contributed by atoms with Gasteiger partial charge < -0.3 is 5.11 Å². The molecule has 0 fully saturated rings. The van der Waals surface area contributed by atoms with Crippen LogP contribution in [0.1, 0.15) is 31.4 Å². The number of nitrogens with zero attached hydrogens (tertiary/aromatic N) is 1. The lowest BCUT2D eigenvalue weighted by atomic mass is 9.94. The Morgan fingerprint density at radius 1 is 1.17 bits per heavy atom. The van der Waals surface area contributed by atoms with E-state index in [9.17, 15) is 9.50 Å². The largest absolute Gasteiger partial charge is 0.393 e. The molecule has 0 saturated carbocycles. The van der Waals surface area contributed by atoms with Gasteiger partial charge in [-0.1, -0.05) is 49.2 Å². The minimum atomic E-state index is -0.447. The fourth-order valence-corrected chi connectivity index (χ4v) is 2.98. The van der Waals surface area contributed by atoms with Crippen LogP contribution in [0, 0.1) is 18.7 Å². The summed E-state index contributed by atoms with van der Waals surface area (Å²) in [5.74, 6) is -0.178. The number of aromatic nitrogens is 1. The van der Waals surface area contributed by atoms with Crippen LogP contribution in [0.5, 0.6) is 0 Å². The number of aliphatic hydroxyl groups excluding tert-OH is 1. The van der Waals surface area contributed by atoms with Crippen LogP contribution in [0.3, 0.4) is 0 Å². The van der Waals surface area contributed by atoms with E-state index in [1.807, 2.05) is 26.8 Å². The quantitative estimate of drug-likeness (QED) is 0.723. The van der Waals surface area contributed by atoms with E-state index in [0.29, 0.717) is 29.5 Å². The first-order valence-electron chi connectivity index (χ1n) is 7.59. The maximum atomic E-state index is 14.4. The summed E-state index contributed by atoms with van der Waals surface area (Å²) in [5, 5.41) is 10.5. The number of aliphatic hydroxyl groups is 1. The second-order valence-corrected chi connectivity index (χ2v) is 6.84. The molecule has 2 nitrogen and oxygen atoms in total. The molecule has 1 aromatic heterocycles. The Kier molecular flexibility index (Phi) is 6.01. The lowest BCUT2D eigenvalue weighted by Crippen LogP contribution is -2.15. The normalized spacial score (nSPS) is 12.7. The summed E-state index contributed by atoms with van der Waals surface area (Å²) in [7, 11) is 0. The first kappa shape index (κ1) is 18.2. The Morgan fingerprint density at radius 2 is 1.87 bits per heavy atom. The summed E-state index contributed by atoms with van der Waals surface area (Å²) in [5.41, 5.74) is 2.62. The first-order valence-corrected chi connectivity index (χ1v) is 8.34. The van der Waals surface area contributed by atoms with Crippen LogP contribution in [-0.2, 0) is 6.42 Å². The molecule has 1 N–H and O–H groups in total. The molecule has 2 aromatic rings. The number of hydrogen-bond donors (Lipinski definition) is 1. The predicted octanol–water partition coefficient (Wildman–Crippen LogP) is 5.45. The predicted molar refractivity (Wildman–Crippen MR) is 93.6 cm³/mol. The smallest absolute Gasteiger partial charge is 0.134 e. The van der Waals surface area contributed by atoms with Crippen molar-refractivity contribution in [1.29, 1.82) is 0 Å². The standard InChI is InChI=1S/C18H20Cl2FNO/c1-10(2)16(23)7-6-13-14(9-17(19)22-18(13)20)12-5-4-11(3)8-15(12)21/h4-5,8-10,16,23H,6-7H2,1-3H3. The highest BCUT2D eigenvalue weighted by molar-refractivity contribution is 6.33. The second-order valence-electron chi connectivity index (χ2n) is 6.10. The molecule has 0 spiro atoms. The third-order valence-electron chi connectivity index (χ3n) is 3.92. The van der Waals surface area contributed by atoms with Crippen molar-refractivity contribution < 1.29 is 9.50 Å². The van der Waals surface area contributed by atoms with Crippen LogP contribution in [-0.4, -0.2) is 16.2 Å². The van der Waals surface area contributed by atoms with Gasteiger partial charge in [-0.15, -0.1) is 0 Å². The van der Waals surface area contributed by atoms with Crippen molar-refractivity contribution in [3.05, 3.63) is 51.5 Å². The minimum Gasteiger partial charge on any atom is -0.393 e. The van der Waals surface area contributed by atoms with Crippen LogP contribution in [0.15, 0.2) is 24.3 Å². The maximum absolute atomic E-state index is 14.4. The Morgan fingerprint density at radius 3 is 2.48 bits per heavy atom. The summed E-state index contributed by atoms with van der Waals surface area (Å²) in [4.78, 5) is 4.06. The van der Waals surface area contributed by atoms with Gasteiger partial charge in [-0.05, 0) is 54.5 Å². The molecule has 0 radical (unpaired) electrons. The molecule has 124 valence electrons. The van der Waals surface area contributed by atoms with E-state index in [0.717, 1.165) is 5.56 Å². The van der Waals surface area contributed by atoms with E-state index in [1.165, 1.54) is 6.07 Å². The van der Waals surface area contributed by atoms with Crippen molar-refractivity contribution in [2.45, 2.75) is 39.7 Å². The zero-order valence-corrected chi connectivity index (χ0v) is 14.9. The molecular formula is C18H20Cl2FNO. The van der Waals surface area contributed by atoms with Gasteiger partial charge >= 0.3 is 0 Å². The highest BCUT2D eigenvalue weighted by Gasteiger charge is 2.18. The third-order valence-corrected chi connectivity index (χ3v) is 4.42. The van der Waals surface area contributed by atoms with E-state index in [-0.39, 0.29) is 22.0 Å². The SMILES string of the molecule is Cc1ccc(-c2cc(Cl)nc(Cl)c2CCC(O)C(C)C)c(F)c1. The molecular weight excluding hydrogens is 336 g/mol. The lowest BCUT2D eigenvalue weighted by Gasteiger charge is -2.17. The molecule has 0 saturated heterocycles. The van der Waals surface area contributed by atoms with E-state index in [1.54, 1.807) is 12.1 Å². The molecule has 0 aliphatic rings. The molecule has 5 heteroatoms. The van der Waals surface area contributed by atoms with Gasteiger partial charge in [0.05, 0.1) is 6.10 Å². The lowest BCUT2D eigenvalue weighted by molar-refractivity contribution is 0.116. The summed E-state index contributed by atoms with van der Waals surface area (Å²) in [6.07, 6.45) is 0.587. The number of rotatable bonds is 5. The highest BCUT2D eigenvalue weighted by atomic mass is 35.5. The van der Waals surface area contributed by atoms with Gasteiger partial charge in [0.25, 0.3) is 0 Å². The molecule has 0 aliphatic carbocycles. The Bertz CT molecular complexity index is 704. The fraction of sp³-hybridized carbons (Fsp3) is 0.389. The van der Waals surface area contributed by atoms with Gasteiger partial charge in [0.1, 0.15) is 16.1 Å². The van der Waals surface area contributed by atoms with Crippen molar-refractivity contribution in [2.75, 3.05) is 0 Å². The van der Waals surface area contributed by atoms with Gasteiger partial charge in [-0.25, -0.2) is 9.37 Å². The summed E-state index contributed by atoms with van der Waals surface area (Å²) >= 11 is 12.2. The molecule has 1 unspecified atom stereocenters. The number of halogens is 3. The maximum Gasteiger partial charge on any atom is 0.134 e. The molecule has 0 bridgehead atoms. The minimum absolute atomic E-state index is 0.147. The fourth-order valence-electron chi connectivity index (χ4n) is 2.45. The van der Waals surface area contributed by atoms with Gasteiger partial charge in [-0.2, -0.15) is 0 Å². The molecule has 0 amide bonds. The average Bonchev–Trinajstić information content (AvgIpc) is 2.45. The number of aryl methyl sites for hydroxylation is 1. The molecule has 1 atom stereocenters. The van der Waals surface area contributed by atoms with E-state index < -0.39 is 6.10 Å². The zero-order chi connectivity index (χ0) is 17.1. The van der Waals surface area contributed by atoms with Crippen molar-refractivity contribution >= 4 is 23.2 Å². The van der Waals surface area contributed by atoms with Crippen molar-refractivity contribution in [3.8, 4) is 11.1 Å². The molecule has 1 heterocycles. The van der Waals surface area contributed by atoms with Gasteiger partial charge in [0.2, 0.25) is 0 Å². The van der Waals surface area contributed by atoms with Crippen molar-refractivity contribution in [3.63, 3.8) is 0 Å². The molecule has 23 heavy (non-hydrogen) atoms. The molecule has 0 aliphatic heterocycles. The summed E-state index contributed by atoms with van der Waals surface area (Å²) in [6, 6.07) is 6.66. The Labute approximate surface area is 146 Å². The monoisotopic (exact) mass is 355 g/mol. The van der Waals surface area contributed by atoms with E-state index in [2.05, 4.69) is 4.98 Å². The van der Waals surface area contributed by atoms with Crippen LogP contribution in [0.25, 0.3) is 11.1 Å². The number of benzene rings is 1. The van der Waals surface area contributed by atoms with Crippen LogP contribution >= 0.6 is 23.2 Å². The van der Waals surface area contributed by atoms with Crippen molar-refractivity contribution in [1.82, 2.24) is 4.98 Å². The van der Waals surface area contributed by atoms with Gasteiger partial charge in [-0.3, -0.25) is 0 Å². The molecule has 2 rings (SSSR count). The van der Waals surface area contributed by atoms with Crippen LogP contribution < -0.4 is 0 Å². The second kappa shape index (κ2) is 7.61. The van der Waals surface area contributed by atoms with E-state index >= 15 is 0 Å². The summed E-state index contributed by atoms with van der Waals surface area (Å²) < 4.78 is 14.4. The topological polar surface area (TPSA) is 33.1 Å². The van der Waals surface area contributed by atoms with Crippen molar-refractivity contribution in [2.24, 2.45) is 5.92 Å². The molecule has 1 aromatic carbocycles. The average molecular weight is 356 g/mol. The Balaban J connectivity index is 2.45. The number of pyridine rings is 1. The zero-order valence-electron chi connectivity index (χ0n) is 13.4. The van der Waals surface area contributed by atoms with E-state index in [4.69, 9.17) is 23.2 Å². The third kappa shape index (κ3) is 4.43.